The summed E-state index contributed by atoms with van der Waals surface area (Å²) in [6, 6.07) is 21.5. The van der Waals surface area contributed by atoms with Gasteiger partial charge >= 0.3 is 0 Å². The molecular formula is C20H15ClN2O2S. The Kier molecular flexibility index (Phi) is 5.94. The third-order valence-corrected chi connectivity index (χ3v) is 4.71. The summed E-state index contributed by atoms with van der Waals surface area (Å²) in [4.78, 5) is 14.1. The van der Waals surface area contributed by atoms with Crippen LogP contribution in [0.5, 0.6) is 5.75 Å². The monoisotopic (exact) mass is 382 g/mol. The van der Waals surface area contributed by atoms with Crippen molar-refractivity contribution < 1.29 is 9.90 Å². The number of hydrogen-bond acceptors (Lipinski definition) is 4. The smallest absolute Gasteiger partial charge is 0.271 e. The highest BCUT2D eigenvalue weighted by Gasteiger charge is 2.03. The zero-order valence-electron chi connectivity index (χ0n) is 13.6. The summed E-state index contributed by atoms with van der Waals surface area (Å²) in [6.45, 7) is 0. The van der Waals surface area contributed by atoms with E-state index < -0.39 is 0 Å². The number of amides is 1. The molecule has 3 rings (SSSR count). The van der Waals surface area contributed by atoms with Gasteiger partial charge in [0.05, 0.1) is 6.21 Å². The Morgan fingerprint density at radius 1 is 0.923 bits per heavy atom. The van der Waals surface area contributed by atoms with Gasteiger partial charge in [-0.1, -0.05) is 35.5 Å². The summed E-state index contributed by atoms with van der Waals surface area (Å²) in [5, 5.41) is 13.9. The molecule has 0 unspecified atom stereocenters. The molecule has 6 heteroatoms. The fourth-order valence-corrected chi connectivity index (χ4v) is 3.05. The second-order valence-corrected chi connectivity index (χ2v) is 6.95. The van der Waals surface area contributed by atoms with E-state index in [1.54, 1.807) is 18.0 Å². The summed E-state index contributed by atoms with van der Waals surface area (Å²) in [5.74, 6) is -0.224. The molecule has 2 N–H and O–H groups in total. The highest BCUT2D eigenvalue weighted by atomic mass is 35.5. The Hall–Kier alpha value is -2.76. The summed E-state index contributed by atoms with van der Waals surface area (Å²) in [5.41, 5.74) is 3.76. The lowest BCUT2D eigenvalue weighted by molar-refractivity contribution is 0.0955. The molecule has 0 spiro atoms. The van der Waals surface area contributed by atoms with Crippen LogP contribution in [0.25, 0.3) is 0 Å². The van der Waals surface area contributed by atoms with E-state index in [-0.39, 0.29) is 11.7 Å². The molecule has 0 bridgehead atoms. The van der Waals surface area contributed by atoms with Crippen LogP contribution in [0.15, 0.2) is 87.7 Å². The normalized spacial score (nSPS) is 10.8. The summed E-state index contributed by atoms with van der Waals surface area (Å²) < 4.78 is 0. The van der Waals surface area contributed by atoms with Crippen LogP contribution in [0.1, 0.15) is 15.9 Å². The molecule has 0 aliphatic carbocycles. The molecular weight excluding hydrogens is 368 g/mol. The SMILES string of the molecule is O=C(N/N=C\c1ccc(Sc2ccc(Cl)cc2)cc1)c1ccc(O)cc1. The maximum Gasteiger partial charge on any atom is 0.271 e. The number of halogens is 1. The predicted molar refractivity (Wildman–Crippen MR) is 105 cm³/mol. The molecule has 0 aliphatic heterocycles. The minimum atomic E-state index is -0.337. The molecule has 0 fully saturated rings. The van der Waals surface area contributed by atoms with Crippen LogP contribution >= 0.6 is 23.4 Å². The van der Waals surface area contributed by atoms with Gasteiger partial charge in [0.15, 0.2) is 0 Å². The average molecular weight is 383 g/mol. The number of hydrogen-bond donors (Lipinski definition) is 2. The molecule has 0 saturated carbocycles. The largest absolute Gasteiger partial charge is 0.508 e. The maximum absolute atomic E-state index is 11.9. The molecule has 3 aromatic rings. The van der Waals surface area contributed by atoms with Gasteiger partial charge in [0.1, 0.15) is 5.75 Å². The first-order chi connectivity index (χ1) is 12.6. The highest BCUT2D eigenvalue weighted by Crippen LogP contribution is 2.28. The van der Waals surface area contributed by atoms with Gasteiger partial charge in [0.2, 0.25) is 0 Å². The predicted octanol–water partition coefficient (Wildman–Crippen LogP) is 4.96. The lowest BCUT2D eigenvalue weighted by Crippen LogP contribution is -2.17. The summed E-state index contributed by atoms with van der Waals surface area (Å²) in [7, 11) is 0. The van der Waals surface area contributed by atoms with E-state index in [9.17, 15) is 9.90 Å². The van der Waals surface area contributed by atoms with Gasteiger partial charge < -0.3 is 5.11 Å². The Labute approximate surface area is 160 Å². The number of aromatic hydroxyl groups is 1. The number of carbonyl (C=O) groups excluding carboxylic acids is 1. The minimum Gasteiger partial charge on any atom is -0.508 e. The van der Waals surface area contributed by atoms with Crippen LogP contribution in [-0.2, 0) is 0 Å². The van der Waals surface area contributed by atoms with Crippen molar-refractivity contribution in [2.24, 2.45) is 5.10 Å². The van der Waals surface area contributed by atoms with Crippen molar-refractivity contribution in [3.8, 4) is 5.75 Å². The molecule has 130 valence electrons. The van der Waals surface area contributed by atoms with Crippen LogP contribution in [0.4, 0.5) is 0 Å². The van der Waals surface area contributed by atoms with Crippen molar-refractivity contribution in [3.05, 3.63) is 88.9 Å². The molecule has 1 amide bonds. The number of phenols is 1. The van der Waals surface area contributed by atoms with Gasteiger partial charge in [0, 0.05) is 20.4 Å². The average Bonchev–Trinajstić information content (AvgIpc) is 2.65. The first-order valence-corrected chi connectivity index (χ1v) is 8.95. The molecule has 0 aromatic heterocycles. The lowest BCUT2D eigenvalue weighted by Gasteiger charge is -2.03. The number of nitrogens with zero attached hydrogens (tertiary/aromatic N) is 1. The van der Waals surface area contributed by atoms with Crippen LogP contribution in [-0.4, -0.2) is 17.2 Å². The molecule has 0 radical (unpaired) electrons. The zero-order valence-corrected chi connectivity index (χ0v) is 15.2. The number of hydrazone groups is 1. The second kappa shape index (κ2) is 8.56. The van der Waals surface area contributed by atoms with Gasteiger partial charge in [-0.3, -0.25) is 4.79 Å². The summed E-state index contributed by atoms with van der Waals surface area (Å²) >= 11 is 7.53. The maximum atomic E-state index is 11.9. The van der Waals surface area contributed by atoms with E-state index in [1.807, 2.05) is 48.5 Å². The minimum absolute atomic E-state index is 0.113. The van der Waals surface area contributed by atoms with E-state index >= 15 is 0 Å². The van der Waals surface area contributed by atoms with Gasteiger partial charge in [0.25, 0.3) is 5.91 Å². The van der Waals surface area contributed by atoms with Crippen LogP contribution in [0.3, 0.4) is 0 Å². The Morgan fingerprint density at radius 2 is 1.50 bits per heavy atom. The van der Waals surface area contributed by atoms with Gasteiger partial charge in [-0.15, -0.1) is 0 Å². The van der Waals surface area contributed by atoms with Crippen LogP contribution in [0.2, 0.25) is 5.02 Å². The summed E-state index contributed by atoms with van der Waals surface area (Å²) in [6.07, 6.45) is 1.58. The molecule has 4 nitrogen and oxygen atoms in total. The number of carbonyl (C=O) groups is 1. The van der Waals surface area contributed by atoms with Crippen molar-refractivity contribution in [1.82, 2.24) is 5.43 Å². The van der Waals surface area contributed by atoms with E-state index in [0.29, 0.717) is 5.56 Å². The number of rotatable bonds is 5. The van der Waals surface area contributed by atoms with Gasteiger partial charge in [-0.05, 0) is 66.2 Å². The van der Waals surface area contributed by atoms with Gasteiger partial charge in [-0.2, -0.15) is 5.10 Å². The molecule has 0 heterocycles. The van der Waals surface area contributed by atoms with E-state index in [1.165, 1.54) is 24.3 Å². The zero-order chi connectivity index (χ0) is 18.4. The fraction of sp³-hybridized carbons (Fsp3) is 0. The van der Waals surface area contributed by atoms with Crippen LogP contribution in [0, 0.1) is 0 Å². The van der Waals surface area contributed by atoms with E-state index in [4.69, 9.17) is 11.6 Å². The van der Waals surface area contributed by atoms with Gasteiger partial charge in [-0.25, -0.2) is 5.43 Å². The molecule has 26 heavy (non-hydrogen) atoms. The second-order valence-electron chi connectivity index (χ2n) is 5.37. The number of phenolic OH excluding ortho intramolecular Hbond substituents is 1. The van der Waals surface area contributed by atoms with E-state index in [2.05, 4.69) is 10.5 Å². The molecule has 0 aliphatic rings. The molecule has 3 aromatic carbocycles. The Bertz CT molecular complexity index is 908. The standard InChI is InChI=1S/C20H15ClN2O2S/c21-16-5-11-19(12-6-16)26-18-9-1-14(2-10-18)13-22-23-20(25)15-3-7-17(24)8-4-15/h1-13,24H,(H,23,25)/b22-13-. The van der Waals surface area contributed by atoms with Crippen molar-refractivity contribution >= 4 is 35.5 Å². The quantitative estimate of drug-likeness (QED) is 0.484. The van der Waals surface area contributed by atoms with Crippen molar-refractivity contribution in [2.45, 2.75) is 9.79 Å². The third kappa shape index (κ3) is 5.12. The first-order valence-electron chi connectivity index (χ1n) is 7.76. The first kappa shape index (κ1) is 18.0. The molecule has 0 atom stereocenters. The topological polar surface area (TPSA) is 61.7 Å². The third-order valence-electron chi connectivity index (χ3n) is 3.44. The van der Waals surface area contributed by atoms with Crippen molar-refractivity contribution in [2.75, 3.05) is 0 Å². The Balaban J connectivity index is 1.56. The van der Waals surface area contributed by atoms with Crippen molar-refractivity contribution in [1.29, 1.82) is 0 Å². The molecule has 0 saturated heterocycles. The lowest BCUT2D eigenvalue weighted by atomic mass is 10.2. The fourth-order valence-electron chi connectivity index (χ4n) is 2.10. The Morgan fingerprint density at radius 3 is 2.12 bits per heavy atom. The highest BCUT2D eigenvalue weighted by molar-refractivity contribution is 7.99. The van der Waals surface area contributed by atoms with Crippen molar-refractivity contribution in [3.63, 3.8) is 0 Å². The number of nitrogens with one attached hydrogen (secondary N) is 1. The van der Waals surface area contributed by atoms with Crippen LogP contribution < -0.4 is 5.43 Å². The number of benzene rings is 3. The van der Waals surface area contributed by atoms with E-state index in [0.717, 1.165) is 20.4 Å².